The van der Waals surface area contributed by atoms with Gasteiger partial charge in [-0.2, -0.15) is 4.89 Å². The van der Waals surface area contributed by atoms with Crippen LogP contribution in [0.4, 0.5) is 0 Å². The average molecular weight is 241 g/mol. The lowest BCUT2D eigenvalue weighted by Gasteiger charge is -2.17. The highest BCUT2D eigenvalue weighted by molar-refractivity contribution is 6.64. The number of hydrogen-bond acceptors (Lipinski definition) is 3. The molecule has 0 saturated heterocycles. The van der Waals surface area contributed by atoms with E-state index in [-0.39, 0.29) is 17.1 Å². The largest absolute Gasteiger partial charge is 0.337 e. The molecule has 1 atom stereocenters. The second-order valence-electron chi connectivity index (χ2n) is 4.24. The van der Waals surface area contributed by atoms with Crippen LogP contribution in [0.15, 0.2) is 18.2 Å². The molecule has 1 aliphatic heterocycles. The molecule has 16 heavy (non-hydrogen) atoms. The maximum atomic E-state index is 11.4. The summed E-state index contributed by atoms with van der Waals surface area (Å²) in [6.45, 7) is 4.39. The fraction of sp³-hybridized carbons (Fsp3) is 0.417. The van der Waals surface area contributed by atoms with Crippen LogP contribution in [0.3, 0.4) is 0 Å². The summed E-state index contributed by atoms with van der Waals surface area (Å²) >= 11 is 5.61. The topological polar surface area (TPSA) is 35.5 Å². The van der Waals surface area contributed by atoms with Gasteiger partial charge in [-0.05, 0) is 29.1 Å². The Morgan fingerprint density at radius 1 is 1.44 bits per heavy atom. The maximum absolute atomic E-state index is 11.4. The van der Waals surface area contributed by atoms with E-state index >= 15 is 0 Å². The summed E-state index contributed by atoms with van der Waals surface area (Å²) in [5.41, 5.74) is 1.87. The van der Waals surface area contributed by atoms with Crippen molar-refractivity contribution in [3.8, 4) is 5.75 Å². The normalized spacial score (nSPS) is 15.8. The zero-order valence-corrected chi connectivity index (χ0v) is 9.95. The molecule has 0 aliphatic carbocycles. The summed E-state index contributed by atoms with van der Waals surface area (Å²) in [6, 6.07) is 5.64. The van der Waals surface area contributed by atoms with Gasteiger partial charge in [0.15, 0.2) is 5.75 Å². The molecule has 0 bridgehead atoms. The first kappa shape index (κ1) is 11.4. The van der Waals surface area contributed by atoms with Crippen molar-refractivity contribution in [3.05, 3.63) is 29.3 Å². The molecule has 0 aromatic heterocycles. The van der Waals surface area contributed by atoms with Gasteiger partial charge in [0.2, 0.25) is 5.24 Å². The van der Waals surface area contributed by atoms with Gasteiger partial charge < -0.3 is 4.89 Å². The molecular weight excluding hydrogens is 228 g/mol. The summed E-state index contributed by atoms with van der Waals surface area (Å²) < 4.78 is 0. The Labute approximate surface area is 99.2 Å². The lowest BCUT2D eigenvalue weighted by atomic mass is 9.89. The number of carbonyl (C=O) groups excluding carboxylic acids is 1. The Kier molecular flexibility index (Phi) is 3.17. The Hall–Kier alpha value is -1.06. The van der Waals surface area contributed by atoms with Crippen molar-refractivity contribution in [1.82, 2.24) is 0 Å². The molecule has 1 aromatic carbocycles. The van der Waals surface area contributed by atoms with E-state index in [4.69, 9.17) is 21.4 Å². The minimum absolute atomic E-state index is 0.158. The zero-order chi connectivity index (χ0) is 11.7. The van der Waals surface area contributed by atoms with Gasteiger partial charge in [-0.15, -0.1) is 0 Å². The Morgan fingerprint density at radius 3 is 2.81 bits per heavy atom. The predicted molar refractivity (Wildman–Crippen MR) is 60.3 cm³/mol. The van der Waals surface area contributed by atoms with Gasteiger partial charge in [0.05, 0.1) is 5.92 Å². The molecule has 0 amide bonds. The standard InChI is InChI=1S/C12H13ClO3/c1-7(2)11(12(13)14)8-3-4-9-6-15-16-10(9)5-8/h3-5,7,11H,6H2,1-2H3. The molecule has 2 rings (SSSR count). The molecule has 1 unspecified atom stereocenters. The quantitative estimate of drug-likeness (QED) is 0.602. The van der Waals surface area contributed by atoms with Crippen LogP contribution >= 0.6 is 11.6 Å². The van der Waals surface area contributed by atoms with Crippen LogP contribution in [-0.2, 0) is 16.3 Å². The van der Waals surface area contributed by atoms with Crippen LogP contribution in [0.25, 0.3) is 0 Å². The average Bonchev–Trinajstić information content (AvgIpc) is 2.63. The molecule has 3 nitrogen and oxygen atoms in total. The number of rotatable bonds is 3. The number of halogens is 1. The van der Waals surface area contributed by atoms with E-state index < -0.39 is 0 Å². The van der Waals surface area contributed by atoms with Gasteiger partial charge in [0.25, 0.3) is 0 Å². The SMILES string of the molecule is CC(C)C(C(=O)Cl)c1ccc2c(c1)OOC2. The van der Waals surface area contributed by atoms with E-state index in [0.29, 0.717) is 12.4 Å². The predicted octanol–water partition coefficient (Wildman–Crippen LogP) is 3.02. The molecule has 4 heteroatoms. The number of benzene rings is 1. The van der Waals surface area contributed by atoms with Crippen molar-refractivity contribution < 1.29 is 14.6 Å². The van der Waals surface area contributed by atoms with Crippen LogP contribution in [0, 0.1) is 5.92 Å². The fourth-order valence-electron chi connectivity index (χ4n) is 1.90. The van der Waals surface area contributed by atoms with Crippen molar-refractivity contribution in [1.29, 1.82) is 0 Å². The van der Waals surface area contributed by atoms with Gasteiger partial charge in [-0.3, -0.25) is 4.79 Å². The van der Waals surface area contributed by atoms with Crippen molar-refractivity contribution >= 4 is 16.8 Å². The van der Waals surface area contributed by atoms with Gasteiger partial charge in [-0.25, -0.2) is 0 Å². The molecule has 0 saturated carbocycles. The Morgan fingerprint density at radius 2 is 2.19 bits per heavy atom. The van der Waals surface area contributed by atoms with Crippen LogP contribution in [-0.4, -0.2) is 5.24 Å². The van der Waals surface area contributed by atoms with Gasteiger partial charge in [0, 0.05) is 5.56 Å². The number of hydrogen-bond donors (Lipinski definition) is 0. The molecule has 1 aromatic rings. The molecule has 1 heterocycles. The maximum Gasteiger partial charge on any atom is 0.229 e. The first-order chi connectivity index (χ1) is 7.59. The Balaban J connectivity index is 2.35. The van der Waals surface area contributed by atoms with Gasteiger partial charge in [0.1, 0.15) is 6.61 Å². The number of fused-ring (bicyclic) bond motifs is 1. The first-order valence-electron chi connectivity index (χ1n) is 5.21. The smallest absolute Gasteiger partial charge is 0.229 e. The first-order valence-corrected chi connectivity index (χ1v) is 5.59. The highest BCUT2D eigenvalue weighted by atomic mass is 35.5. The fourth-order valence-corrected chi connectivity index (χ4v) is 2.27. The monoisotopic (exact) mass is 240 g/mol. The minimum atomic E-state index is -0.339. The van der Waals surface area contributed by atoms with Crippen molar-refractivity contribution in [2.75, 3.05) is 0 Å². The lowest BCUT2D eigenvalue weighted by Crippen LogP contribution is -2.13. The molecule has 0 radical (unpaired) electrons. The molecule has 0 fully saturated rings. The molecular formula is C12H13ClO3. The van der Waals surface area contributed by atoms with Crippen molar-refractivity contribution in [2.45, 2.75) is 26.4 Å². The van der Waals surface area contributed by atoms with E-state index in [2.05, 4.69) is 0 Å². The van der Waals surface area contributed by atoms with E-state index in [1.807, 2.05) is 32.0 Å². The minimum Gasteiger partial charge on any atom is -0.337 e. The van der Waals surface area contributed by atoms with E-state index in [1.54, 1.807) is 0 Å². The van der Waals surface area contributed by atoms with Crippen molar-refractivity contribution in [2.24, 2.45) is 5.92 Å². The van der Waals surface area contributed by atoms with Crippen LogP contribution in [0.1, 0.15) is 30.9 Å². The lowest BCUT2D eigenvalue weighted by molar-refractivity contribution is -0.194. The summed E-state index contributed by atoms with van der Waals surface area (Å²) in [6.07, 6.45) is 0. The van der Waals surface area contributed by atoms with E-state index in [1.165, 1.54) is 0 Å². The summed E-state index contributed by atoms with van der Waals surface area (Å²) in [4.78, 5) is 21.2. The van der Waals surface area contributed by atoms with Gasteiger partial charge in [-0.1, -0.05) is 26.0 Å². The van der Waals surface area contributed by atoms with Crippen molar-refractivity contribution in [3.63, 3.8) is 0 Å². The second kappa shape index (κ2) is 4.44. The summed E-state index contributed by atoms with van der Waals surface area (Å²) in [5, 5.41) is -0.339. The third-order valence-electron chi connectivity index (χ3n) is 2.72. The summed E-state index contributed by atoms with van der Waals surface area (Å²) in [7, 11) is 0. The van der Waals surface area contributed by atoms with Crippen LogP contribution in [0.2, 0.25) is 0 Å². The van der Waals surface area contributed by atoms with Crippen LogP contribution in [0.5, 0.6) is 5.75 Å². The molecule has 0 N–H and O–H groups in total. The second-order valence-corrected chi connectivity index (χ2v) is 4.61. The Bertz CT molecular complexity index is 415. The summed E-state index contributed by atoms with van der Waals surface area (Å²) in [5.74, 6) is 0.544. The number of carbonyl (C=O) groups is 1. The van der Waals surface area contributed by atoms with E-state index in [0.717, 1.165) is 11.1 Å². The molecule has 0 spiro atoms. The highest BCUT2D eigenvalue weighted by Crippen LogP contribution is 2.33. The third kappa shape index (κ3) is 2.06. The van der Waals surface area contributed by atoms with Crippen LogP contribution < -0.4 is 4.89 Å². The third-order valence-corrected chi connectivity index (χ3v) is 2.96. The zero-order valence-electron chi connectivity index (χ0n) is 9.20. The van der Waals surface area contributed by atoms with E-state index in [9.17, 15) is 4.79 Å². The van der Waals surface area contributed by atoms with Gasteiger partial charge >= 0.3 is 0 Å². The highest BCUT2D eigenvalue weighted by Gasteiger charge is 2.24. The molecule has 86 valence electrons. The molecule has 1 aliphatic rings.